The van der Waals surface area contributed by atoms with Gasteiger partial charge in [-0.2, -0.15) is 0 Å². The van der Waals surface area contributed by atoms with Crippen molar-refractivity contribution in [2.24, 2.45) is 5.92 Å². The van der Waals surface area contributed by atoms with Crippen molar-refractivity contribution in [3.05, 3.63) is 11.5 Å². The molecule has 1 aliphatic heterocycles. The highest BCUT2D eigenvalue weighted by Gasteiger charge is 2.30. The van der Waals surface area contributed by atoms with Gasteiger partial charge in [0, 0.05) is 6.04 Å². The molecule has 1 aromatic rings. The van der Waals surface area contributed by atoms with Crippen LogP contribution < -0.4 is 10.0 Å². The van der Waals surface area contributed by atoms with Crippen molar-refractivity contribution in [2.75, 3.05) is 13.1 Å². The van der Waals surface area contributed by atoms with Gasteiger partial charge >= 0.3 is 0 Å². The lowest BCUT2D eigenvalue weighted by Crippen LogP contribution is -2.48. The molecule has 6 nitrogen and oxygen atoms in total. The summed E-state index contributed by atoms with van der Waals surface area (Å²) in [5.74, 6) is 0.607. The van der Waals surface area contributed by atoms with E-state index < -0.39 is 10.0 Å². The zero-order valence-corrected chi connectivity index (χ0v) is 12.9. The highest BCUT2D eigenvalue weighted by atomic mass is 35.5. The molecule has 2 rings (SSSR count). The predicted octanol–water partition coefficient (Wildman–Crippen LogP) is 0.990. The lowest BCUT2D eigenvalue weighted by Gasteiger charge is -2.29. The molecule has 0 spiro atoms. The maximum Gasteiger partial charge on any atom is 0.246 e. The Morgan fingerprint density at radius 3 is 2.63 bits per heavy atom. The quantitative estimate of drug-likeness (QED) is 0.870. The van der Waals surface area contributed by atoms with Crippen LogP contribution in [0.4, 0.5) is 0 Å². The van der Waals surface area contributed by atoms with E-state index in [1.54, 1.807) is 13.8 Å². The van der Waals surface area contributed by atoms with Crippen molar-refractivity contribution in [1.29, 1.82) is 0 Å². The van der Waals surface area contributed by atoms with Gasteiger partial charge in [-0.15, -0.1) is 12.4 Å². The van der Waals surface area contributed by atoms with E-state index in [1.165, 1.54) is 0 Å². The van der Waals surface area contributed by atoms with Gasteiger partial charge < -0.3 is 9.84 Å². The van der Waals surface area contributed by atoms with Crippen LogP contribution >= 0.6 is 12.4 Å². The Bertz CT molecular complexity index is 510. The molecule has 0 aromatic carbocycles. The summed E-state index contributed by atoms with van der Waals surface area (Å²) in [6.07, 6.45) is 0.795. The zero-order valence-electron chi connectivity index (χ0n) is 11.3. The normalized spacial score (nSPS) is 23.9. The second-order valence-electron chi connectivity index (χ2n) is 4.85. The smallest absolute Gasteiger partial charge is 0.246 e. The van der Waals surface area contributed by atoms with Crippen LogP contribution in [0.5, 0.6) is 0 Å². The molecular formula is C11H20ClN3O3S. The van der Waals surface area contributed by atoms with E-state index in [-0.39, 0.29) is 29.3 Å². The fourth-order valence-electron chi connectivity index (χ4n) is 2.31. The monoisotopic (exact) mass is 309 g/mol. The highest BCUT2D eigenvalue weighted by molar-refractivity contribution is 7.89. The zero-order chi connectivity index (χ0) is 13.3. The van der Waals surface area contributed by atoms with E-state index in [2.05, 4.69) is 15.2 Å². The molecule has 2 N–H and O–H groups in total. The molecule has 0 aliphatic carbocycles. The summed E-state index contributed by atoms with van der Waals surface area (Å²) in [6, 6.07) is -0.0371. The summed E-state index contributed by atoms with van der Waals surface area (Å²) in [4.78, 5) is 0.174. The topological polar surface area (TPSA) is 84.2 Å². The van der Waals surface area contributed by atoms with Gasteiger partial charge in [0.2, 0.25) is 10.0 Å². The minimum absolute atomic E-state index is 0. The van der Waals surface area contributed by atoms with Crippen molar-refractivity contribution >= 4 is 22.4 Å². The fourth-order valence-corrected chi connectivity index (χ4v) is 4.01. The first-order valence-electron chi connectivity index (χ1n) is 6.07. The third-order valence-corrected chi connectivity index (χ3v) is 5.06. The average Bonchev–Trinajstić information content (AvgIpc) is 2.62. The molecule has 0 amide bonds. The third kappa shape index (κ3) is 3.47. The first-order chi connectivity index (χ1) is 8.42. The lowest BCUT2D eigenvalue weighted by atomic mass is 9.97. The number of hydrogen-bond acceptors (Lipinski definition) is 5. The summed E-state index contributed by atoms with van der Waals surface area (Å²) in [5, 5.41) is 6.93. The molecule has 1 saturated heterocycles. The molecule has 1 aliphatic rings. The van der Waals surface area contributed by atoms with Crippen LogP contribution in [0.25, 0.3) is 0 Å². The number of nitrogens with one attached hydrogen (secondary N) is 2. The molecule has 1 fully saturated rings. The van der Waals surface area contributed by atoms with E-state index in [4.69, 9.17) is 4.52 Å². The van der Waals surface area contributed by atoms with Crippen LogP contribution in [0.2, 0.25) is 0 Å². The summed E-state index contributed by atoms with van der Waals surface area (Å²) < 4.78 is 32.3. The van der Waals surface area contributed by atoms with E-state index >= 15 is 0 Å². The van der Waals surface area contributed by atoms with Gasteiger partial charge in [-0.1, -0.05) is 12.1 Å². The summed E-state index contributed by atoms with van der Waals surface area (Å²) in [7, 11) is -3.54. The van der Waals surface area contributed by atoms with Crippen LogP contribution in [0.15, 0.2) is 9.42 Å². The second-order valence-corrected chi connectivity index (χ2v) is 6.50. The van der Waals surface area contributed by atoms with Crippen LogP contribution in [-0.4, -0.2) is 32.7 Å². The lowest BCUT2D eigenvalue weighted by molar-refractivity contribution is 0.327. The molecular weight excluding hydrogens is 290 g/mol. The molecule has 0 bridgehead atoms. The molecule has 0 saturated carbocycles. The van der Waals surface area contributed by atoms with Gasteiger partial charge in [0.25, 0.3) is 0 Å². The number of rotatable bonds is 3. The Kier molecular flexibility index (Phi) is 5.37. The number of nitrogens with zero attached hydrogens (tertiary/aromatic N) is 1. The molecule has 8 heteroatoms. The third-order valence-electron chi connectivity index (χ3n) is 3.33. The standard InChI is InChI=1S/C11H19N3O3S.ClH/c1-7-6-12-5-4-10(7)14-18(15,16)11-8(2)13-17-9(11)3;/h7,10,12,14H,4-6H2,1-3H3;1H. The minimum Gasteiger partial charge on any atom is -0.360 e. The molecule has 110 valence electrons. The van der Waals surface area contributed by atoms with Gasteiger partial charge in [-0.25, -0.2) is 13.1 Å². The SMILES string of the molecule is Cc1noc(C)c1S(=O)(=O)NC1CCNCC1C.Cl. The number of halogens is 1. The van der Waals surface area contributed by atoms with E-state index in [0.29, 0.717) is 11.5 Å². The van der Waals surface area contributed by atoms with Crippen LogP contribution in [-0.2, 0) is 10.0 Å². The van der Waals surface area contributed by atoms with Gasteiger partial charge in [-0.05, 0) is 39.3 Å². The summed E-state index contributed by atoms with van der Waals surface area (Å²) in [5.41, 5.74) is 0.404. The van der Waals surface area contributed by atoms with Crippen molar-refractivity contribution in [2.45, 2.75) is 38.1 Å². The maximum atomic E-state index is 12.3. The number of aromatic nitrogens is 1. The highest BCUT2D eigenvalue weighted by Crippen LogP contribution is 2.21. The average molecular weight is 310 g/mol. The first-order valence-corrected chi connectivity index (χ1v) is 7.56. The van der Waals surface area contributed by atoms with Crippen LogP contribution in [0, 0.1) is 19.8 Å². The Balaban J connectivity index is 0.00000180. The summed E-state index contributed by atoms with van der Waals surface area (Å²) >= 11 is 0. The largest absolute Gasteiger partial charge is 0.360 e. The first kappa shape index (κ1) is 16.4. The Morgan fingerprint density at radius 2 is 2.11 bits per heavy atom. The van der Waals surface area contributed by atoms with E-state index in [0.717, 1.165) is 19.5 Å². The molecule has 2 heterocycles. The van der Waals surface area contributed by atoms with Crippen molar-refractivity contribution in [3.63, 3.8) is 0 Å². The predicted molar refractivity (Wildman–Crippen MR) is 74.0 cm³/mol. The number of aryl methyl sites for hydroxylation is 2. The molecule has 2 unspecified atom stereocenters. The molecule has 19 heavy (non-hydrogen) atoms. The Hall–Kier alpha value is -0.630. The Morgan fingerprint density at radius 1 is 1.42 bits per heavy atom. The minimum atomic E-state index is -3.54. The molecule has 1 aromatic heterocycles. The van der Waals surface area contributed by atoms with Crippen LogP contribution in [0.1, 0.15) is 24.8 Å². The van der Waals surface area contributed by atoms with E-state index in [9.17, 15) is 8.42 Å². The number of hydrogen-bond donors (Lipinski definition) is 2. The van der Waals surface area contributed by atoms with Crippen molar-refractivity contribution in [3.8, 4) is 0 Å². The van der Waals surface area contributed by atoms with E-state index in [1.807, 2.05) is 6.92 Å². The molecule has 0 radical (unpaired) electrons. The Labute approximate surface area is 119 Å². The maximum absolute atomic E-state index is 12.3. The van der Waals surface area contributed by atoms with Crippen molar-refractivity contribution in [1.82, 2.24) is 15.2 Å². The molecule has 2 atom stereocenters. The summed E-state index contributed by atoms with van der Waals surface area (Å²) in [6.45, 7) is 6.94. The van der Waals surface area contributed by atoms with Gasteiger partial charge in [0.15, 0.2) is 5.76 Å². The van der Waals surface area contributed by atoms with Crippen LogP contribution in [0.3, 0.4) is 0 Å². The number of piperidine rings is 1. The second kappa shape index (κ2) is 6.21. The fraction of sp³-hybridized carbons (Fsp3) is 0.727. The van der Waals surface area contributed by atoms with Gasteiger partial charge in [0.1, 0.15) is 10.6 Å². The van der Waals surface area contributed by atoms with Gasteiger partial charge in [0.05, 0.1) is 0 Å². The number of sulfonamides is 1. The van der Waals surface area contributed by atoms with Gasteiger partial charge in [-0.3, -0.25) is 0 Å². The van der Waals surface area contributed by atoms with Crippen molar-refractivity contribution < 1.29 is 12.9 Å².